The Morgan fingerprint density at radius 1 is 0.861 bits per heavy atom. The number of carbonyl (C=O) groups is 1. The van der Waals surface area contributed by atoms with Crippen LogP contribution in [0, 0.1) is 0 Å². The maximum Gasteiger partial charge on any atom is 0.309 e. The Labute approximate surface area is 210 Å². The minimum absolute atomic E-state index is 0.197. The summed E-state index contributed by atoms with van der Waals surface area (Å²) in [5, 5.41) is 17.1. The fourth-order valence-corrected chi connectivity index (χ4v) is 3.15. The Kier molecular flexibility index (Phi) is 10.1. The average molecular weight is 489 g/mol. The molecular weight excluding hydrogens is 460 g/mol. The summed E-state index contributed by atoms with van der Waals surface area (Å²) in [6, 6.07) is 24.3. The van der Waals surface area contributed by atoms with E-state index in [1.165, 1.54) is 13.2 Å². The van der Waals surface area contributed by atoms with Crippen LogP contribution in [0.2, 0.25) is 0 Å². The first-order valence-electron chi connectivity index (χ1n) is 11.2. The average Bonchev–Trinajstić information content (AvgIpc) is 2.90. The van der Waals surface area contributed by atoms with Crippen LogP contribution < -0.4 is 9.47 Å². The van der Waals surface area contributed by atoms with E-state index < -0.39 is 5.97 Å². The zero-order valence-corrected chi connectivity index (χ0v) is 20.0. The van der Waals surface area contributed by atoms with Crippen LogP contribution in [-0.4, -0.2) is 42.8 Å². The van der Waals surface area contributed by atoms with Gasteiger partial charge in [0.25, 0.3) is 0 Å². The van der Waals surface area contributed by atoms with Crippen molar-refractivity contribution in [3.63, 3.8) is 0 Å². The lowest BCUT2D eigenvalue weighted by Gasteiger charge is -2.11. The second kappa shape index (κ2) is 14.0. The molecule has 3 aromatic carbocycles. The highest BCUT2D eigenvalue weighted by molar-refractivity contribution is 6.08. The summed E-state index contributed by atoms with van der Waals surface area (Å²) in [6.07, 6.45) is 1.28. The van der Waals surface area contributed by atoms with Gasteiger partial charge in [0.05, 0.1) is 12.1 Å². The molecule has 0 atom stereocenters. The van der Waals surface area contributed by atoms with Gasteiger partial charge in [-0.1, -0.05) is 65.4 Å². The summed E-state index contributed by atoms with van der Waals surface area (Å²) in [5.74, 6) is 0.349. The van der Waals surface area contributed by atoms with Crippen molar-refractivity contribution in [1.29, 1.82) is 0 Å². The molecule has 1 N–H and O–H groups in total. The highest BCUT2D eigenvalue weighted by Crippen LogP contribution is 2.18. The van der Waals surface area contributed by atoms with Crippen LogP contribution in [0.3, 0.4) is 0 Å². The van der Waals surface area contributed by atoms with Crippen molar-refractivity contribution in [2.24, 2.45) is 10.3 Å². The Balaban J connectivity index is 1.54. The fraction of sp³-hybridized carbons (Fsp3) is 0.179. The predicted molar refractivity (Wildman–Crippen MR) is 138 cm³/mol. The third-order valence-electron chi connectivity index (χ3n) is 4.89. The minimum atomic E-state index is -0.994. The Hall–Kier alpha value is -4.59. The number of oxime groups is 2. The Morgan fingerprint density at radius 2 is 1.50 bits per heavy atom. The number of aliphatic carboxylic acids is 1. The van der Waals surface area contributed by atoms with Gasteiger partial charge in [0.1, 0.15) is 44.1 Å². The molecule has 0 aromatic heterocycles. The molecule has 0 spiro atoms. The summed E-state index contributed by atoms with van der Waals surface area (Å²) in [6.45, 7) is 4.37. The number of nitrogens with zero attached hydrogens (tertiary/aromatic N) is 2. The van der Waals surface area contributed by atoms with Crippen LogP contribution >= 0.6 is 0 Å². The molecule has 0 aliphatic heterocycles. The largest absolute Gasteiger partial charge is 0.489 e. The van der Waals surface area contributed by atoms with Crippen LogP contribution in [-0.2, 0) is 21.1 Å². The zero-order valence-electron chi connectivity index (χ0n) is 20.0. The van der Waals surface area contributed by atoms with Crippen LogP contribution in [0.5, 0.6) is 11.5 Å². The van der Waals surface area contributed by atoms with E-state index in [-0.39, 0.29) is 19.6 Å². The first-order valence-corrected chi connectivity index (χ1v) is 11.2. The minimum Gasteiger partial charge on any atom is -0.489 e. The molecule has 0 saturated heterocycles. The van der Waals surface area contributed by atoms with Gasteiger partial charge in [0.2, 0.25) is 0 Å². The lowest BCUT2D eigenvalue weighted by atomic mass is 10.1. The van der Waals surface area contributed by atoms with Gasteiger partial charge < -0.3 is 24.3 Å². The van der Waals surface area contributed by atoms with Gasteiger partial charge in [-0.25, -0.2) is 0 Å². The molecule has 0 heterocycles. The van der Waals surface area contributed by atoms with Crippen molar-refractivity contribution in [1.82, 2.24) is 0 Å². The predicted octanol–water partition coefficient (Wildman–Crippen LogP) is 5.08. The van der Waals surface area contributed by atoms with E-state index in [2.05, 4.69) is 16.9 Å². The van der Waals surface area contributed by atoms with Crippen LogP contribution in [0.15, 0.2) is 102 Å². The maximum absolute atomic E-state index is 11.1. The van der Waals surface area contributed by atoms with Crippen molar-refractivity contribution in [2.75, 3.05) is 20.3 Å². The molecule has 36 heavy (non-hydrogen) atoms. The summed E-state index contributed by atoms with van der Waals surface area (Å²) >= 11 is 0. The van der Waals surface area contributed by atoms with Crippen molar-refractivity contribution in [3.05, 3.63) is 108 Å². The van der Waals surface area contributed by atoms with Crippen LogP contribution in [0.4, 0.5) is 0 Å². The number of rotatable bonds is 14. The molecule has 0 radical (unpaired) electrons. The molecular formula is C28H28N2O6. The van der Waals surface area contributed by atoms with Gasteiger partial charge in [0.15, 0.2) is 0 Å². The second-order valence-corrected chi connectivity index (χ2v) is 7.53. The highest BCUT2D eigenvalue weighted by Gasteiger charge is 2.11. The number of ether oxygens (including phenoxy) is 2. The van der Waals surface area contributed by atoms with E-state index in [1.54, 1.807) is 24.3 Å². The van der Waals surface area contributed by atoms with Gasteiger partial charge in [-0.3, -0.25) is 4.79 Å². The van der Waals surface area contributed by atoms with E-state index in [1.807, 2.05) is 54.6 Å². The number of hydrogen-bond acceptors (Lipinski definition) is 7. The molecule has 0 aliphatic carbocycles. The quantitative estimate of drug-likeness (QED) is 0.147. The number of carboxylic acids is 1. The van der Waals surface area contributed by atoms with E-state index in [0.29, 0.717) is 35.1 Å². The lowest BCUT2D eigenvalue weighted by Crippen LogP contribution is -2.13. The number of hydrogen-bond donors (Lipinski definition) is 1. The van der Waals surface area contributed by atoms with E-state index in [0.717, 1.165) is 11.1 Å². The lowest BCUT2D eigenvalue weighted by molar-refractivity contribution is -0.135. The molecule has 8 nitrogen and oxygen atoms in total. The molecule has 0 fully saturated rings. The van der Waals surface area contributed by atoms with E-state index in [4.69, 9.17) is 24.3 Å². The van der Waals surface area contributed by atoms with Crippen LogP contribution in [0.1, 0.15) is 23.1 Å². The summed E-state index contributed by atoms with van der Waals surface area (Å²) in [4.78, 5) is 21.1. The SMILES string of the molecule is C=CCO/N=C(/CC(=O)O)c1ccc(OCc2ccc(OC/C(=N\OC)c3ccccc3)cc2)cc1. The molecule has 0 saturated carbocycles. The summed E-state index contributed by atoms with van der Waals surface area (Å²) in [7, 11) is 1.51. The molecule has 0 unspecified atom stereocenters. The molecule has 0 amide bonds. The zero-order chi connectivity index (χ0) is 25.6. The van der Waals surface area contributed by atoms with Crippen molar-refractivity contribution in [2.45, 2.75) is 13.0 Å². The van der Waals surface area contributed by atoms with Crippen LogP contribution in [0.25, 0.3) is 0 Å². The monoisotopic (exact) mass is 488 g/mol. The maximum atomic E-state index is 11.1. The van der Waals surface area contributed by atoms with Crippen molar-refractivity contribution in [3.8, 4) is 11.5 Å². The third-order valence-corrected chi connectivity index (χ3v) is 4.89. The summed E-state index contributed by atoms with van der Waals surface area (Å²) in [5.41, 5.74) is 3.55. The highest BCUT2D eigenvalue weighted by atomic mass is 16.6. The van der Waals surface area contributed by atoms with Gasteiger partial charge >= 0.3 is 5.97 Å². The standard InChI is InChI=1S/C28H28N2O6/c1-3-17-36-30-26(18-28(31)32)23-11-15-25(16-12-23)34-19-21-9-13-24(14-10-21)35-20-27(29-33-2)22-7-5-4-6-8-22/h3-16H,1,17-20H2,2H3,(H,31,32)/b29-27+,30-26-. The van der Waals surface area contributed by atoms with Crippen molar-refractivity contribution < 1.29 is 29.0 Å². The van der Waals surface area contributed by atoms with E-state index >= 15 is 0 Å². The first kappa shape index (κ1) is 26.0. The summed E-state index contributed by atoms with van der Waals surface area (Å²) < 4.78 is 11.7. The number of benzene rings is 3. The first-order chi connectivity index (χ1) is 17.6. The smallest absolute Gasteiger partial charge is 0.309 e. The normalized spacial score (nSPS) is 11.5. The van der Waals surface area contributed by atoms with Gasteiger partial charge in [0, 0.05) is 11.1 Å². The third kappa shape index (κ3) is 8.32. The number of carboxylic acid groups (broad SMARTS) is 1. The molecule has 186 valence electrons. The molecule has 3 rings (SSSR count). The topological polar surface area (TPSA) is 98.9 Å². The fourth-order valence-electron chi connectivity index (χ4n) is 3.15. The Morgan fingerprint density at radius 3 is 2.14 bits per heavy atom. The Bertz CT molecular complexity index is 1170. The molecule has 8 heteroatoms. The van der Waals surface area contributed by atoms with E-state index in [9.17, 15) is 4.79 Å². The van der Waals surface area contributed by atoms with Gasteiger partial charge in [-0.2, -0.15) is 0 Å². The van der Waals surface area contributed by atoms with Crippen molar-refractivity contribution >= 4 is 17.4 Å². The molecule has 0 aliphatic rings. The van der Waals surface area contributed by atoms with Gasteiger partial charge in [-0.05, 0) is 42.0 Å². The second-order valence-electron chi connectivity index (χ2n) is 7.53. The molecule has 0 bridgehead atoms. The van der Waals surface area contributed by atoms with Gasteiger partial charge in [-0.15, -0.1) is 0 Å². The molecule has 3 aromatic rings.